The van der Waals surface area contributed by atoms with E-state index in [1.165, 1.54) is 96.3 Å². The lowest BCUT2D eigenvalue weighted by atomic mass is 10.0. The first-order valence-electron chi connectivity index (χ1n) is 16.7. The van der Waals surface area contributed by atoms with Crippen molar-refractivity contribution in [1.82, 2.24) is 15.3 Å². The Kier molecular flexibility index (Phi) is 21.5. The van der Waals surface area contributed by atoms with E-state index in [2.05, 4.69) is 29.1 Å². The van der Waals surface area contributed by atoms with E-state index in [1.807, 2.05) is 0 Å². The molecule has 234 valence electrons. The molecule has 8 heteroatoms. The van der Waals surface area contributed by atoms with Crippen LogP contribution in [0.4, 0.5) is 0 Å². The number of aromatic amines is 1. The fourth-order valence-electron chi connectivity index (χ4n) is 5.13. The zero-order chi connectivity index (χ0) is 30.1. The molecule has 0 fully saturated rings. The Morgan fingerprint density at radius 3 is 1.41 bits per heavy atom. The molecule has 4 N–H and O–H groups in total. The first-order valence-corrected chi connectivity index (χ1v) is 16.7. The fourth-order valence-corrected chi connectivity index (χ4v) is 5.13. The number of Topliss-reactive ketones (excluding diaryl/α,β-unsaturated/α-hetero) is 1. The Balaban J connectivity index is 2.29. The number of ketones is 1. The SMILES string of the molecule is CCCCCCCCCCCCCC(=O)NC(=O)c1nc(C(=O)CCCCCCCCCCCCC)c(C(N)=O)[nH]1. The quantitative estimate of drug-likeness (QED) is 0.0716. The number of nitrogens with zero attached hydrogens (tertiary/aromatic N) is 1. The minimum atomic E-state index is -0.855. The van der Waals surface area contributed by atoms with E-state index >= 15 is 0 Å². The van der Waals surface area contributed by atoms with Gasteiger partial charge in [-0.2, -0.15) is 0 Å². The van der Waals surface area contributed by atoms with Crippen LogP contribution in [0.3, 0.4) is 0 Å². The van der Waals surface area contributed by atoms with Crippen molar-refractivity contribution in [1.29, 1.82) is 0 Å². The van der Waals surface area contributed by atoms with Crippen LogP contribution in [0.1, 0.15) is 200 Å². The summed E-state index contributed by atoms with van der Waals surface area (Å²) in [6.07, 6.45) is 26.4. The molecule has 0 aliphatic carbocycles. The van der Waals surface area contributed by atoms with Crippen molar-refractivity contribution in [3.8, 4) is 0 Å². The lowest BCUT2D eigenvalue weighted by molar-refractivity contribution is -0.120. The molecule has 8 nitrogen and oxygen atoms in total. The standard InChI is InChI=1S/C33H58N4O4/c1-3-5-7-9-11-13-15-17-19-21-23-25-27(38)29-30(31(34)40)37-32(36-29)33(41)35-28(39)26-24-22-20-18-16-14-12-10-8-6-4-2/h3-26H2,1-2H3,(H2,34,40)(H,36,37)(H,35,39,41). The summed E-state index contributed by atoms with van der Waals surface area (Å²) in [5, 5.41) is 2.31. The number of carbonyl (C=O) groups is 4. The molecule has 0 atom stereocenters. The Morgan fingerprint density at radius 1 is 0.610 bits per heavy atom. The van der Waals surface area contributed by atoms with Crippen LogP contribution in [0.5, 0.6) is 0 Å². The molecule has 0 aliphatic heterocycles. The molecule has 0 saturated heterocycles. The van der Waals surface area contributed by atoms with Gasteiger partial charge in [0.1, 0.15) is 11.4 Å². The van der Waals surface area contributed by atoms with Crippen LogP contribution < -0.4 is 11.1 Å². The van der Waals surface area contributed by atoms with Crippen LogP contribution in [-0.2, 0) is 4.79 Å². The molecule has 0 bridgehead atoms. The maximum atomic E-state index is 12.7. The predicted octanol–water partition coefficient (Wildman–Crippen LogP) is 8.35. The number of rotatable bonds is 27. The Bertz CT molecular complexity index is 881. The molecular weight excluding hydrogens is 516 g/mol. The molecule has 0 spiro atoms. The van der Waals surface area contributed by atoms with Crippen molar-refractivity contribution >= 4 is 23.5 Å². The second-order valence-electron chi connectivity index (χ2n) is 11.5. The molecular formula is C33H58N4O4. The molecule has 1 heterocycles. The van der Waals surface area contributed by atoms with Gasteiger partial charge in [-0.05, 0) is 12.8 Å². The van der Waals surface area contributed by atoms with Gasteiger partial charge in [-0.25, -0.2) is 4.98 Å². The molecule has 41 heavy (non-hydrogen) atoms. The zero-order valence-electron chi connectivity index (χ0n) is 26.1. The van der Waals surface area contributed by atoms with Crippen LogP contribution >= 0.6 is 0 Å². The second kappa shape index (κ2) is 24.1. The number of unbranched alkanes of at least 4 members (excludes halogenated alkanes) is 20. The van der Waals surface area contributed by atoms with Gasteiger partial charge < -0.3 is 10.7 Å². The van der Waals surface area contributed by atoms with Gasteiger partial charge in [0.15, 0.2) is 11.6 Å². The highest BCUT2D eigenvalue weighted by atomic mass is 16.2. The van der Waals surface area contributed by atoms with Crippen LogP contribution in [0.25, 0.3) is 0 Å². The minimum Gasteiger partial charge on any atom is -0.364 e. The molecule has 0 unspecified atom stereocenters. The molecule has 3 amide bonds. The summed E-state index contributed by atoms with van der Waals surface area (Å²) in [4.78, 5) is 56.0. The van der Waals surface area contributed by atoms with Gasteiger partial charge in [0, 0.05) is 12.8 Å². The van der Waals surface area contributed by atoms with Gasteiger partial charge in [-0.3, -0.25) is 24.5 Å². The number of hydrogen-bond acceptors (Lipinski definition) is 5. The summed E-state index contributed by atoms with van der Waals surface area (Å²) >= 11 is 0. The zero-order valence-corrected chi connectivity index (χ0v) is 26.1. The maximum Gasteiger partial charge on any atom is 0.293 e. The van der Waals surface area contributed by atoms with E-state index in [-0.39, 0.29) is 35.8 Å². The van der Waals surface area contributed by atoms with E-state index in [0.717, 1.165) is 32.1 Å². The van der Waals surface area contributed by atoms with Crippen molar-refractivity contribution in [3.63, 3.8) is 0 Å². The van der Waals surface area contributed by atoms with Gasteiger partial charge in [0.2, 0.25) is 5.91 Å². The number of nitrogens with one attached hydrogen (secondary N) is 2. The number of imide groups is 1. The summed E-state index contributed by atoms with van der Waals surface area (Å²) in [6, 6.07) is 0. The lowest BCUT2D eigenvalue weighted by Gasteiger charge is -2.03. The van der Waals surface area contributed by atoms with E-state index < -0.39 is 17.7 Å². The van der Waals surface area contributed by atoms with Crippen molar-refractivity contribution in [3.05, 3.63) is 17.2 Å². The Hall–Kier alpha value is -2.51. The first-order chi connectivity index (χ1) is 19.9. The highest BCUT2D eigenvalue weighted by molar-refractivity contribution is 6.08. The van der Waals surface area contributed by atoms with Crippen LogP contribution in [0, 0.1) is 0 Å². The number of hydrogen-bond donors (Lipinski definition) is 3. The Labute approximate surface area is 248 Å². The van der Waals surface area contributed by atoms with Gasteiger partial charge in [0.05, 0.1) is 0 Å². The van der Waals surface area contributed by atoms with E-state index in [9.17, 15) is 19.2 Å². The van der Waals surface area contributed by atoms with E-state index in [1.54, 1.807) is 0 Å². The average Bonchev–Trinajstić information content (AvgIpc) is 3.41. The van der Waals surface area contributed by atoms with Crippen molar-refractivity contribution in [2.24, 2.45) is 5.73 Å². The third-order valence-electron chi connectivity index (χ3n) is 7.70. The molecule has 1 aromatic rings. The largest absolute Gasteiger partial charge is 0.364 e. The summed E-state index contributed by atoms with van der Waals surface area (Å²) in [7, 11) is 0. The van der Waals surface area contributed by atoms with Crippen molar-refractivity contribution in [2.75, 3.05) is 0 Å². The summed E-state index contributed by atoms with van der Waals surface area (Å²) in [6.45, 7) is 4.46. The summed E-state index contributed by atoms with van der Waals surface area (Å²) in [5.74, 6) is -2.57. The molecule has 0 aromatic carbocycles. The molecule has 0 saturated carbocycles. The minimum absolute atomic E-state index is 0.118. The van der Waals surface area contributed by atoms with Gasteiger partial charge in [-0.15, -0.1) is 0 Å². The average molecular weight is 575 g/mol. The molecule has 1 rings (SSSR count). The number of H-pyrrole nitrogens is 1. The number of imidazole rings is 1. The van der Waals surface area contributed by atoms with E-state index in [0.29, 0.717) is 12.8 Å². The van der Waals surface area contributed by atoms with Gasteiger partial charge in [-0.1, -0.05) is 142 Å². The highest BCUT2D eigenvalue weighted by Gasteiger charge is 2.24. The number of primary amides is 1. The monoisotopic (exact) mass is 574 g/mol. The maximum absolute atomic E-state index is 12.7. The van der Waals surface area contributed by atoms with Gasteiger partial charge in [0.25, 0.3) is 11.8 Å². The van der Waals surface area contributed by atoms with E-state index in [4.69, 9.17) is 5.73 Å². The summed E-state index contributed by atoms with van der Waals surface area (Å²) in [5.41, 5.74) is 5.12. The second-order valence-corrected chi connectivity index (χ2v) is 11.5. The first kappa shape index (κ1) is 36.5. The lowest BCUT2D eigenvalue weighted by Crippen LogP contribution is -2.31. The molecule has 0 radical (unpaired) electrons. The topological polar surface area (TPSA) is 135 Å². The van der Waals surface area contributed by atoms with Crippen LogP contribution in [-0.4, -0.2) is 33.5 Å². The molecule has 0 aliphatic rings. The van der Waals surface area contributed by atoms with Crippen molar-refractivity contribution in [2.45, 2.75) is 168 Å². The molecule has 1 aromatic heterocycles. The number of carbonyl (C=O) groups excluding carboxylic acids is 4. The normalized spacial score (nSPS) is 11.1. The summed E-state index contributed by atoms with van der Waals surface area (Å²) < 4.78 is 0. The predicted molar refractivity (Wildman–Crippen MR) is 166 cm³/mol. The fraction of sp³-hybridized carbons (Fsp3) is 0.788. The van der Waals surface area contributed by atoms with Crippen molar-refractivity contribution < 1.29 is 19.2 Å². The number of amides is 3. The smallest absolute Gasteiger partial charge is 0.293 e. The van der Waals surface area contributed by atoms with Crippen LogP contribution in [0.15, 0.2) is 0 Å². The number of aromatic nitrogens is 2. The third kappa shape index (κ3) is 17.8. The van der Waals surface area contributed by atoms with Crippen LogP contribution in [0.2, 0.25) is 0 Å². The number of nitrogens with two attached hydrogens (primary N) is 1. The highest BCUT2D eigenvalue weighted by Crippen LogP contribution is 2.15. The Morgan fingerprint density at radius 2 is 1.00 bits per heavy atom. The third-order valence-corrected chi connectivity index (χ3v) is 7.70. The van der Waals surface area contributed by atoms with Gasteiger partial charge >= 0.3 is 0 Å².